The molecule has 10 atom stereocenters. The van der Waals surface area contributed by atoms with Crippen LogP contribution >= 0.6 is 54.8 Å². The molecule has 1 aliphatic heterocycles. The number of nitrogens with zero attached hydrogens (tertiary/aromatic N) is 3. The highest BCUT2D eigenvalue weighted by atomic mass is 31.3. The number of hydrogen-bond acceptors (Lipinski definition) is 20. The van der Waals surface area contributed by atoms with E-state index in [1.807, 2.05) is 6.20 Å². The number of aromatic nitrogens is 3. The zero-order valence-electron chi connectivity index (χ0n) is 32.5. The lowest BCUT2D eigenvalue weighted by Crippen LogP contribution is -2.26. The third-order valence-electron chi connectivity index (χ3n) is 7.78. The van der Waals surface area contributed by atoms with E-state index in [9.17, 15) is 71.3 Å². The molecule has 2 heterocycles. The van der Waals surface area contributed by atoms with E-state index in [1.54, 1.807) is 11.6 Å². The van der Waals surface area contributed by atoms with E-state index in [0.29, 0.717) is 25.7 Å². The van der Waals surface area contributed by atoms with Gasteiger partial charge in [0.1, 0.15) is 6.10 Å². The molecule has 354 valence electrons. The van der Waals surface area contributed by atoms with Crippen molar-refractivity contribution in [2.24, 2.45) is 0 Å². The van der Waals surface area contributed by atoms with Crippen LogP contribution in [0, 0.1) is 0 Å². The molecule has 28 nitrogen and oxygen atoms in total. The van der Waals surface area contributed by atoms with Crippen molar-refractivity contribution in [1.29, 1.82) is 0 Å². The summed E-state index contributed by atoms with van der Waals surface area (Å²) in [6.07, 6.45) is 9.31. The smallest absolute Gasteiger partial charge is 0.390 e. The molecule has 1 aromatic rings. The topological polar surface area (TPSA) is 404 Å². The van der Waals surface area contributed by atoms with Crippen molar-refractivity contribution in [3.8, 4) is 0 Å². The number of hydrogen-bond donors (Lipinski definition) is 8. The Bertz CT molecular complexity index is 1800. The molecule has 1 saturated heterocycles. The van der Waals surface area contributed by atoms with Gasteiger partial charge in [-0.1, -0.05) is 56.6 Å². The zero-order chi connectivity index (χ0) is 45.3. The number of phosphoric ester groups is 3. The van der Waals surface area contributed by atoms with Crippen molar-refractivity contribution in [1.82, 2.24) is 15.0 Å². The molecule has 35 heteroatoms. The van der Waals surface area contributed by atoms with Gasteiger partial charge in [0.05, 0.1) is 37.7 Å². The highest BCUT2D eigenvalue weighted by molar-refractivity contribution is 7.72. The summed E-state index contributed by atoms with van der Waals surface area (Å²) in [5.74, 6) is 0. The zero-order valence-corrected chi connectivity index (χ0v) is 38.8. The molecular formula is C25H54N3O25P7. The van der Waals surface area contributed by atoms with E-state index in [0.717, 1.165) is 70.7 Å². The Morgan fingerprint density at radius 1 is 0.617 bits per heavy atom. The maximum absolute atomic E-state index is 12.1. The second-order valence-electron chi connectivity index (χ2n) is 13.1. The minimum absolute atomic E-state index is 0.0968. The molecule has 1 aliphatic rings. The van der Waals surface area contributed by atoms with E-state index in [1.165, 1.54) is 0 Å². The van der Waals surface area contributed by atoms with Crippen LogP contribution < -0.4 is 0 Å². The van der Waals surface area contributed by atoms with Crippen molar-refractivity contribution in [2.75, 3.05) is 26.9 Å². The molecule has 0 saturated carbocycles. The predicted molar refractivity (Wildman–Crippen MR) is 203 cm³/mol. The molecule has 0 bridgehead atoms. The van der Waals surface area contributed by atoms with Crippen molar-refractivity contribution in [3.05, 3.63) is 11.9 Å². The molecule has 60 heavy (non-hydrogen) atoms. The number of unbranched alkanes of at least 4 members (excludes halogenated alkanes) is 10. The van der Waals surface area contributed by atoms with Crippen molar-refractivity contribution >= 4 is 54.8 Å². The Morgan fingerprint density at radius 2 is 1.03 bits per heavy atom. The highest BCUT2D eigenvalue weighted by Gasteiger charge is 2.49. The Hall–Kier alpha value is 0.0300. The molecule has 0 radical (unpaired) electrons. The fourth-order valence-corrected chi connectivity index (χ4v) is 13.5. The first-order chi connectivity index (χ1) is 27.6. The van der Waals surface area contributed by atoms with Crippen LogP contribution in [-0.4, -0.2) is 99.6 Å². The van der Waals surface area contributed by atoms with Crippen LogP contribution in [0.15, 0.2) is 6.20 Å². The van der Waals surface area contributed by atoms with Crippen molar-refractivity contribution in [2.45, 2.75) is 122 Å². The summed E-state index contributed by atoms with van der Waals surface area (Å²) in [6, 6.07) is 0. The molecule has 0 aliphatic carbocycles. The van der Waals surface area contributed by atoms with Gasteiger partial charge in [0, 0.05) is 26.3 Å². The lowest BCUT2D eigenvalue weighted by atomic mass is 10.1. The second kappa shape index (κ2) is 25.7. The van der Waals surface area contributed by atoms with Crippen molar-refractivity contribution < 1.29 is 116 Å². The summed E-state index contributed by atoms with van der Waals surface area (Å²) in [6.45, 7) is 1.04. The summed E-state index contributed by atoms with van der Waals surface area (Å²) in [5, 5.41) is 18.0. The molecule has 0 amide bonds. The van der Waals surface area contributed by atoms with Crippen LogP contribution in [0.5, 0.6) is 0 Å². The standard InChI is InChI=1S/C25H54N3O25P7/c1-22-19-24(29)25(48-22)21-47-56(34,35)50-58(38,39)52-60(42,43)53-59(40,41)51-57(36,37)49-55(32,33)46-17-13-10-8-6-4-3-5-7-9-12-16-28-20-23(26-27-28)15-11-14-18-45-54(30,31)44-2/h20,22,24-25,29H,3-19,21H2,1-2H3,(H,30,31)(H,32,33)(H,34,35)(H,36,37)(H,38,39)(H,40,41)(H,42,43). The average molecular weight is 1010 g/mol. The Morgan fingerprint density at radius 3 is 1.50 bits per heavy atom. The molecule has 2 rings (SSSR count). The number of ether oxygens (including phenoxy) is 1. The number of aliphatic hydroxyl groups excluding tert-OH is 1. The quantitative estimate of drug-likeness (QED) is 0.0311. The fraction of sp³-hybridized carbons (Fsp3) is 0.920. The van der Waals surface area contributed by atoms with E-state index in [-0.39, 0.29) is 19.4 Å². The molecular weight excluding hydrogens is 959 g/mol. The van der Waals surface area contributed by atoms with Crippen molar-refractivity contribution in [3.63, 3.8) is 0 Å². The maximum Gasteiger partial charge on any atom is 0.490 e. The molecule has 1 aromatic heterocycles. The Balaban J connectivity index is 1.57. The molecule has 0 aromatic carbocycles. The van der Waals surface area contributed by atoms with Gasteiger partial charge < -0.3 is 44.1 Å². The lowest BCUT2D eigenvalue weighted by molar-refractivity contribution is -0.0167. The van der Waals surface area contributed by atoms with Gasteiger partial charge in [0.25, 0.3) is 0 Å². The Kier molecular flexibility index (Phi) is 24.0. The monoisotopic (exact) mass is 1010 g/mol. The largest absolute Gasteiger partial charge is 0.490 e. The maximum atomic E-state index is 12.1. The van der Waals surface area contributed by atoms with Gasteiger partial charge >= 0.3 is 54.8 Å². The van der Waals surface area contributed by atoms with Crippen LogP contribution in [0.1, 0.15) is 96.1 Å². The van der Waals surface area contributed by atoms with Gasteiger partial charge in [-0.3, -0.25) is 22.8 Å². The number of aliphatic hydroxyl groups is 1. The van der Waals surface area contributed by atoms with Crippen LogP contribution in [-0.2, 0) is 89.3 Å². The molecule has 1 fully saturated rings. The van der Waals surface area contributed by atoms with E-state index >= 15 is 0 Å². The predicted octanol–water partition coefficient (Wildman–Crippen LogP) is 5.52. The van der Waals surface area contributed by atoms with Gasteiger partial charge in [0.2, 0.25) is 0 Å². The third-order valence-corrected chi connectivity index (χ3v) is 18.0. The number of aryl methyl sites for hydroxylation is 2. The Labute approximate surface area is 345 Å². The van der Waals surface area contributed by atoms with Gasteiger partial charge in [-0.2, -0.15) is 21.6 Å². The number of phosphoric acid groups is 7. The first kappa shape index (κ1) is 56.2. The van der Waals surface area contributed by atoms with Crippen LogP contribution in [0.4, 0.5) is 0 Å². The summed E-state index contributed by atoms with van der Waals surface area (Å²) in [7, 11) is -39.0. The highest BCUT2D eigenvalue weighted by Crippen LogP contribution is 2.75. The third kappa shape index (κ3) is 25.5. The van der Waals surface area contributed by atoms with Gasteiger partial charge in [-0.15, -0.1) is 5.10 Å². The van der Waals surface area contributed by atoms with Crippen LogP contribution in [0.25, 0.3) is 0 Å². The molecule has 0 spiro atoms. The molecule has 10 unspecified atom stereocenters. The fourth-order valence-electron chi connectivity index (χ4n) is 5.19. The lowest BCUT2D eigenvalue weighted by Gasteiger charge is -2.21. The van der Waals surface area contributed by atoms with Crippen LogP contribution in [0.3, 0.4) is 0 Å². The number of rotatable bonds is 34. The van der Waals surface area contributed by atoms with E-state index in [4.69, 9.17) is 9.26 Å². The normalized spacial score (nSPS) is 24.3. The average Bonchev–Trinajstić information content (AvgIpc) is 3.66. The first-order valence-corrected chi connectivity index (χ1v) is 28.7. The summed E-state index contributed by atoms with van der Waals surface area (Å²) >= 11 is 0. The second-order valence-corrected chi connectivity index (χ2v) is 24.1. The summed E-state index contributed by atoms with van der Waals surface area (Å²) in [5.41, 5.74) is 0.821. The SMILES string of the molecule is COP(=O)(O)OCCCCc1cn(CCCCCCCCCCCCOP(=O)(O)OP(=O)(O)OP(=O)(O)OP(=O)(O)OP(=O)(O)OP(=O)(O)OCC2OC(C)CC2O)nn1. The van der Waals surface area contributed by atoms with E-state index in [2.05, 4.69) is 45.4 Å². The van der Waals surface area contributed by atoms with Crippen LogP contribution in [0.2, 0.25) is 0 Å². The van der Waals surface area contributed by atoms with Gasteiger partial charge in [0.15, 0.2) is 0 Å². The molecule has 8 N–H and O–H groups in total. The van der Waals surface area contributed by atoms with Gasteiger partial charge in [-0.05, 0) is 39.0 Å². The van der Waals surface area contributed by atoms with Gasteiger partial charge in [-0.25, -0.2) is 32.0 Å². The minimum atomic E-state index is -6.38. The van der Waals surface area contributed by atoms with E-state index < -0.39 is 86.3 Å². The first-order valence-electron chi connectivity index (χ1n) is 18.2. The summed E-state index contributed by atoms with van der Waals surface area (Å²) in [4.78, 5) is 67.1. The summed E-state index contributed by atoms with van der Waals surface area (Å²) < 4.78 is 127. The minimum Gasteiger partial charge on any atom is -0.390 e.